The van der Waals surface area contributed by atoms with Gasteiger partial charge in [0.25, 0.3) is 0 Å². The summed E-state index contributed by atoms with van der Waals surface area (Å²) in [6, 6.07) is 0. The Morgan fingerprint density at radius 2 is 2.50 bits per heavy atom. The van der Waals surface area contributed by atoms with Crippen LogP contribution in [0.15, 0.2) is 0 Å². The fraction of sp³-hybridized carbons (Fsp3) is 1.00. The number of hydrogen-bond donors (Lipinski definition) is 1. The van der Waals surface area contributed by atoms with Gasteiger partial charge in [-0.2, -0.15) is 11.8 Å². The van der Waals surface area contributed by atoms with Crippen LogP contribution in [-0.2, 0) is 0 Å². The Morgan fingerprint density at radius 3 is 3.00 bits per heavy atom. The van der Waals surface area contributed by atoms with Gasteiger partial charge in [-0.25, -0.2) is 0 Å². The Labute approximate surface area is 67.2 Å². The quantitative estimate of drug-likeness (QED) is 0.680. The average Bonchev–Trinajstić information content (AvgIpc) is 2.34. The van der Waals surface area contributed by atoms with Gasteiger partial charge in [0.2, 0.25) is 0 Å². The molecule has 1 saturated heterocycles. The lowest BCUT2D eigenvalue weighted by Gasteiger charge is -2.08. The second kappa shape index (κ2) is 4.24. The monoisotopic (exact) mass is 160 g/mol. The van der Waals surface area contributed by atoms with Crippen LogP contribution in [0.5, 0.6) is 0 Å². The molecule has 60 valence electrons. The standard InChI is InChI=1S/C8H16OS/c1-7(9)2-3-8-4-5-10-6-8/h7-9H,2-6H2,1H3/t7-,8?/m0/s1. The van der Waals surface area contributed by atoms with Gasteiger partial charge >= 0.3 is 0 Å². The van der Waals surface area contributed by atoms with E-state index < -0.39 is 0 Å². The number of aliphatic hydroxyl groups excluding tert-OH is 1. The lowest BCUT2D eigenvalue weighted by Crippen LogP contribution is -2.05. The minimum Gasteiger partial charge on any atom is -0.393 e. The predicted molar refractivity (Wildman–Crippen MR) is 46.3 cm³/mol. The summed E-state index contributed by atoms with van der Waals surface area (Å²) in [6.45, 7) is 1.88. The first kappa shape index (κ1) is 8.41. The number of thioether (sulfide) groups is 1. The normalized spacial score (nSPS) is 28.8. The minimum atomic E-state index is -0.0920. The Morgan fingerprint density at radius 1 is 1.70 bits per heavy atom. The first-order valence-corrected chi connectivity index (χ1v) is 5.20. The molecule has 0 saturated carbocycles. The van der Waals surface area contributed by atoms with Gasteiger partial charge in [-0.15, -0.1) is 0 Å². The number of aliphatic hydroxyl groups is 1. The Bertz CT molecular complexity index is 87.3. The van der Waals surface area contributed by atoms with E-state index in [1.165, 1.54) is 24.3 Å². The van der Waals surface area contributed by atoms with E-state index in [0.717, 1.165) is 12.3 Å². The summed E-state index contributed by atoms with van der Waals surface area (Å²) in [4.78, 5) is 0. The van der Waals surface area contributed by atoms with Gasteiger partial charge in [0.05, 0.1) is 6.10 Å². The molecule has 0 spiro atoms. The molecule has 1 aliphatic heterocycles. The molecule has 0 bridgehead atoms. The molecule has 1 fully saturated rings. The van der Waals surface area contributed by atoms with E-state index in [9.17, 15) is 0 Å². The van der Waals surface area contributed by atoms with E-state index in [-0.39, 0.29) is 6.10 Å². The Hall–Kier alpha value is 0.310. The van der Waals surface area contributed by atoms with Gasteiger partial charge < -0.3 is 5.11 Å². The van der Waals surface area contributed by atoms with Crippen LogP contribution >= 0.6 is 11.8 Å². The van der Waals surface area contributed by atoms with Gasteiger partial charge in [0.15, 0.2) is 0 Å². The van der Waals surface area contributed by atoms with Crippen molar-refractivity contribution in [3.8, 4) is 0 Å². The molecule has 10 heavy (non-hydrogen) atoms. The Balaban J connectivity index is 2.01. The van der Waals surface area contributed by atoms with Crippen molar-refractivity contribution in [1.82, 2.24) is 0 Å². The predicted octanol–water partition coefficient (Wildman–Crippen LogP) is 1.90. The van der Waals surface area contributed by atoms with E-state index in [2.05, 4.69) is 11.8 Å². The van der Waals surface area contributed by atoms with Crippen LogP contribution in [0.1, 0.15) is 26.2 Å². The molecule has 0 aromatic carbocycles. The lowest BCUT2D eigenvalue weighted by atomic mass is 10.0. The molecule has 2 atom stereocenters. The Kier molecular flexibility index (Phi) is 3.57. The first-order chi connectivity index (χ1) is 4.79. The molecule has 1 nitrogen and oxygen atoms in total. The number of rotatable bonds is 3. The van der Waals surface area contributed by atoms with Crippen molar-refractivity contribution in [3.63, 3.8) is 0 Å². The van der Waals surface area contributed by atoms with Crippen molar-refractivity contribution in [2.45, 2.75) is 32.3 Å². The van der Waals surface area contributed by atoms with Crippen molar-refractivity contribution in [3.05, 3.63) is 0 Å². The zero-order valence-electron chi connectivity index (χ0n) is 6.55. The highest BCUT2D eigenvalue weighted by Gasteiger charge is 2.15. The fourth-order valence-corrected chi connectivity index (χ4v) is 2.62. The summed E-state index contributed by atoms with van der Waals surface area (Å²) >= 11 is 2.05. The van der Waals surface area contributed by atoms with E-state index >= 15 is 0 Å². The van der Waals surface area contributed by atoms with E-state index in [1.54, 1.807) is 0 Å². The largest absolute Gasteiger partial charge is 0.393 e. The molecule has 1 N–H and O–H groups in total. The average molecular weight is 160 g/mol. The van der Waals surface area contributed by atoms with Crippen molar-refractivity contribution in [2.24, 2.45) is 5.92 Å². The third-order valence-corrected chi connectivity index (χ3v) is 3.25. The summed E-state index contributed by atoms with van der Waals surface area (Å²) in [7, 11) is 0. The summed E-state index contributed by atoms with van der Waals surface area (Å²) in [5, 5.41) is 9.01. The van der Waals surface area contributed by atoms with Crippen molar-refractivity contribution < 1.29 is 5.11 Å². The third-order valence-electron chi connectivity index (χ3n) is 2.02. The summed E-state index contributed by atoms with van der Waals surface area (Å²) in [5.74, 6) is 3.57. The van der Waals surface area contributed by atoms with Gasteiger partial charge in [-0.3, -0.25) is 0 Å². The van der Waals surface area contributed by atoms with Crippen LogP contribution in [0.3, 0.4) is 0 Å². The number of hydrogen-bond acceptors (Lipinski definition) is 2. The molecular formula is C8H16OS. The smallest absolute Gasteiger partial charge is 0.0512 e. The molecule has 0 aromatic heterocycles. The highest BCUT2D eigenvalue weighted by atomic mass is 32.2. The van der Waals surface area contributed by atoms with Crippen LogP contribution in [-0.4, -0.2) is 22.7 Å². The van der Waals surface area contributed by atoms with Crippen LogP contribution in [0, 0.1) is 5.92 Å². The second-order valence-corrected chi connectivity index (χ2v) is 4.31. The topological polar surface area (TPSA) is 20.2 Å². The van der Waals surface area contributed by atoms with E-state index in [1.807, 2.05) is 6.92 Å². The molecular weight excluding hydrogens is 144 g/mol. The molecule has 0 aromatic rings. The zero-order chi connectivity index (χ0) is 7.40. The van der Waals surface area contributed by atoms with Crippen LogP contribution < -0.4 is 0 Å². The summed E-state index contributed by atoms with van der Waals surface area (Å²) in [5.41, 5.74) is 0. The van der Waals surface area contributed by atoms with Crippen LogP contribution in [0.2, 0.25) is 0 Å². The van der Waals surface area contributed by atoms with Crippen LogP contribution in [0.4, 0.5) is 0 Å². The maximum atomic E-state index is 9.01. The summed E-state index contributed by atoms with van der Waals surface area (Å²) in [6.07, 6.45) is 3.50. The third kappa shape index (κ3) is 2.93. The summed E-state index contributed by atoms with van der Waals surface area (Å²) < 4.78 is 0. The van der Waals surface area contributed by atoms with Gasteiger partial charge in [-0.05, 0) is 43.6 Å². The van der Waals surface area contributed by atoms with E-state index in [0.29, 0.717) is 0 Å². The fourth-order valence-electron chi connectivity index (χ4n) is 1.29. The molecule has 1 rings (SSSR count). The van der Waals surface area contributed by atoms with Gasteiger partial charge in [0.1, 0.15) is 0 Å². The highest BCUT2D eigenvalue weighted by Crippen LogP contribution is 2.27. The van der Waals surface area contributed by atoms with Crippen LogP contribution in [0.25, 0.3) is 0 Å². The lowest BCUT2D eigenvalue weighted by molar-refractivity contribution is 0.175. The minimum absolute atomic E-state index is 0.0920. The van der Waals surface area contributed by atoms with E-state index in [4.69, 9.17) is 5.11 Å². The second-order valence-electron chi connectivity index (χ2n) is 3.16. The SMILES string of the molecule is C[C@H](O)CCC1CCSC1. The van der Waals surface area contributed by atoms with Crippen molar-refractivity contribution in [1.29, 1.82) is 0 Å². The molecule has 0 radical (unpaired) electrons. The molecule has 0 amide bonds. The first-order valence-electron chi connectivity index (χ1n) is 4.05. The molecule has 1 heterocycles. The van der Waals surface area contributed by atoms with Gasteiger partial charge in [-0.1, -0.05) is 0 Å². The molecule has 2 heteroatoms. The molecule has 0 aliphatic carbocycles. The zero-order valence-corrected chi connectivity index (χ0v) is 7.36. The molecule has 1 aliphatic rings. The maximum absolute atomic E-state index is 9.01. The maximum Gasteiger partial charge on any atom is 0.0512 e. The van der Waals surface area contributed by atoms with Gasteiger partial charge in [0, 0.05) is 0 Å². The van der Waals surface area contributed by atoms with Crippen molar-refractivity contribution in [2.75, 3.05) is 11.5 Å². The van der Waals surface area contributed by atoms with Crippen molar-refractivity contribution >= 4 is 11.8 Å². The highest BCUT2D eigenvalue weighted by molar-refractivity contribution is 7.99. The molecule has 1 unspecified atom stereocenters.